The molecule has 1 unspecified atom stereocenters. The lowest BCUT2D eigenvalue weighted by molar-refractivity contribution is 0.0846. The largest absolute Gasteiger partial charge is 0.496 e. The minimum Gasteiger partial charge on any atom is -0.496 e. The number of carbonyl (C=O) groups excluding carboxylic acids is 2. The highest BCUT2D eigenvalue weighted by molar-refractivity contribution is 5.79. The zero-order valence-electron chi connectivity index (χ0n) is 26.0. The Morgan fingerprint density at radius 3 is 2.31 bits per heavy atom. The van der Waals surface area contributed by atoms with Crippen LogP contribution in [0.1, 0.15) is 53.9 Å². The molecule has 0 spiro atoms. The molecule has 2 heterocycles. The van der Waals surface area contributed by atoms with E-state index in [1.54, 1.807) is 12.0 Å². The normalized spacial score (nSPS) is 18.7. The summed E-state index contributed by atoms with van der Waals surface area (Å²) < 4.78 is 11.7. The molecule has 3 aliphatic rings. The van der Waals surface area contributed by atoms with E-state index in [-0.39, 0.29) is 43.3 Å². The molecule has 10 nitrogen and oxygen atoms in total. The summed E-state index contributed by atoms with van der Waals surface area (Å²) in [5.41, 5.74) is 15.6. The summed E-state index contributed by atoms with van der Waals surface area (Å²) in [5.74, 6) is 0.706. The van der Waals surface area contributed by atoms with Crippen LogP contribution in [0.25, 0.3) is 21.6 Å². The molecule has 0 N–H and O–H groups in total. The molecular formula is C35H40N6O4. The van der Waals surface area contributed by atoms with E-state index in [1.165, 1.54) is 22.3 Å². The summed E-state index contributed by atoms with van der Waals surface area (Å²) in [6.07, 6.45) is 2.92. The molecule has 6 rings (SSSR count). The number of likely N-dealkylation sites (tertiary alicyclic amines) is 2. The van der Waals surface area contributed by atoms with Gasteiger partial charge in [0.2, 0.25) is 0 Å². The van der Waals surface area contributed by atoms with Gasteiger partial charge in [-0.05, 0) is 72.0 Å². The Bertz CT molecular complexity index is 1560. The van der Waals surface area contributed by atoms with Crippen molar-refractivity contribution in [2.45, 2.75) is 57.2 Å². The van der Waals surface area contributed by atoms with Gasteiger partial charge in [-0.3, -0.25) is 0 Å². The molecule has 234 valence electrons. The van der Waals surface area contributed by atoms with Gasteiger partial charge in [0.15, 0.2) is 0 Å². The number of aryl methyl sites for hydroxylation is 1. The number of carbonyl (C=O) groups is 2. The SMILES string of the molecule is COc1cc(C)ccc1CN(CC1CCCN1C(=O)OCC1c2ccccc2-c2ccccc21)C(=O)N1CCC[C@H]1CN=[N+]=[N-]. The lowest BCUT2D eigenvalue weighted by atomic mass is 9.98. The van der Waals surface area contributed by atoms with Crippen LogP contribution in [0.2, 0.25) is 0 Å². The molecule has 3 amide bonds. The number of ether oxygens (including phenoxy) is 2. The van der Waals surface area contributed by atoms with Crippen molar-refractivity contribution in [2.24, 2.45) is 5.11 Å². The molecule has 0 saturated carbocycles. The maximum absolute atomic E-state index is 14.1. The highest BCUT2D eigenvalue weighted by Crippen LogP contribution is 2.44. The Morgan fingerprint density at radius 2 is 1.62 bits per heavy atom. The number of methoxy groups -OCH3 is 1. The molecular weight excluding hydrogens is 568 g/mol. The average Bonchev–Trinajstić information content (AvgIpc) is 3.80. The molecule has 1 aliphatic carbocycles. The Balaban J connectivity index is 1.19. The van der Waals surface area contributed by atoms with Crippen LogP contribution in [0.3, 0.4) is 0 Å². The molecule has 2 saturated heterocycles. The second kappa shape index (κ2) is 13.5. The predicted octanol–water partition coefficient (Wildman–Crippen LogP) is 7.11. The maximum atomic E-state index is 14.1. The average molecular weight is 609 g/mol. The number of hydrogen-bond donors (Lipinski definition) is 0. The van der Waals surface area contributed by atoms with Crippen LogP contribution in [-0.2, 0) is 11.3 Å². The van der Waals surface area contributed by atoms with Crippen LogP contribution in [0.15, 0.2) is 71.8 Å². The molecule has 2 fully saturated rings. The number of fused-ring (bicyclic) bond motifs is 3. The second-order valence-electron chi connectivity index (χ2n) is 12.2. The van der Waals surface area contributed by atoms with Gasteiger partial charge in [0.05, 0.1) is 19.7 Å². The molecule has 3 aromatic rings. The number of rotatable bonds is 9. The quantitative estimate of drug-likeness (QED) is 0.146. The van der Waals surface area contributed by atoms with Crippen molar-refractivity contribution in [3.8, 4) is 16.9 Å². The molecule has 2 atom stereocenters. The minimum absolute atomic E-state index is 0.0161. The van der Waals surface area contributed by atoms with Gasteiger partial charge in [-0.2, -0.15) is 0 Å². The predicted molar refractivity (Wildman–Crippen MR) is 172 cm³/mol. The highest BCUT2D eigenvalue weighted by atomic mass is 16.6. The number of azide groups is 1. The number of amides is 3. The van der Waals surface area contributed by atoms with E-state index in [9.17, 15) is 9.59 Å². The van der Waals surface area contributed by atoms with E-state index in [1.807, 2.05) is 59.2 Å². The van der Waals surface area contributed by atoms with Crippen LogP contribution < -0.4 is 4.74 Å². The fraction of sp³-hybridized carbons (Fsp3) is 0.429. The van der Waals surface area contributed by atoms with Gasteiger partial charge in [0.1, 0.15) is 12.4 Å². The van der Waals surface area contributed by atoms with Crippen LogP contribution in [0.4, 0.5) is 9.59 Å². The number of nitrogens with zero attached hydrogens (tertiary/aromatic N) is 6. The van der Waals surface area contributed by atoms with Crippen molar-refractivity contribution in [1.29, 1.82) is 0 Å². The summed E-state index contributed by atoms with van der Waals surface area (Å²) in [6, 6.07) is 22.2. The monoisotopic (exact) mass is 608 g/mol. The molecule has 0 radical (unpaired) electrons. The molecule has 3 aromatic carbocycles. The third-order valence-electron chi connectivity index (χ3n) is 9.43. The smallest absolute Gasteiger partial charge is 0.410 e. The second-order valence-corrected chi connectivity index (χ2v) is 12.2. The fourth-order valence-corrected chi connectivity index (χ4v) is 7.19. The van der Waals surface area contributed by atoms with Crippen molar-refractivity contribution >= 4 is 12.1 Å². The number of benzene rings is 3. The summed E-state index contributed by atoms with van der Waals surface area (Å²) in [4.78, 5) is 36.1. The van der Waals surface area contributed by atoms with E-state index in [0.29, 0.717) is 26.2 Å². The molecule has 45 heavy (non-hydrogen) atoms. The van der Waals surface area contributed by atoms with Crippen molar-refractivity contribution in [1.82, 2.24) is 14.7 Å². The minimum atomic E-state index is -0.345. The zero-order valence-corrected chi connectivity index (χ0v) is 26.0. The van der Waals surface area contributed by atoms with Crippen LogP contribution >= 0.6 is 0 Å². The van der Waals surface area contributed by atoms with Crippen LogP contribution in [-0.4, -0.2) is 78.8 Å². The molecule has 0 aromatic heterocycles. The zero-order chi connectivity index (χ0) is 31.3. The van der Waals surface area contributed by atoms with Gasteiger partial charge in [-0.25, -0.2) is 9.59 Å². The van der Waals surface area contributed by atoms with Crippen molar-refractivity contribution in [3.63, 3.8) is 0 Å². The van der Waals surface area contributed by atoms with E-state index in [0.717, 1.165) is 42.6 Å². The molecule has 10 heteroatoms. The lowest BCUT2D eigenvalue weighted by Gasteiger charge is -2.35. The first-order valence-corrected chi connectivity index (χ1v) is 15.8. The third kappa shape index (κ3) is 6.28. The summed E-state index contributed by atoms with van der Waals surface area (Å²) in [7, 11) is 1.64. The lowest BCUT2D eigenvalue weighted by Crippen LogP contribution is -2.51. The number of hydrogen-bond acceptors (Lipinski definition) is 5. The van der Waals surface area contributed by atoms with Gasteiger partial charge in [-0.15, -0.1) is 0 Å². The van der Waals surface area contributed by atoms with E-state index in [4.69, 9.17) is 15.0 Å². The highest BCUT2D eigenvalue weighted by Gasteiger charge is 2.37. The van der Waals surface area contributed by atoms with Crippen molar-refractivity contribution in [3.05, 3.63) is 99.4 Å². The Morgan fingerprint density at radius 1 is 0.956 bits per heavy atom. The summed E-state index contributed by atoms with van der Waals surface area (Å²) >= 11 is 0. The maximum Gasteiger partial charge on any atom is 0.410 e. The van der Waals surface area contributed by atoms with Gasteiger partial charge in [-0.1, -0.05) is 65.8 Å². The number of urea groups is 1. The third-order valence-corrected chi connectivity index (χ3v) is 9.43. The topological polar surface area (TPSA) is 111 Å². The van der Waals surface area contributed by atoms with Gasteiger partial charge in [0, 0.05) is 48.6 Å². The van der Waals surface area contributed by atoms with Crippen molar-refractivity contribution < 1.29 is 19.1 Å². The van der Waals surface area contributed by atoms with Crippen LogP contribution in [0, 0.1) is 6.92 Å². The Labute approximate surface area is 264 Å². The van der Waals surface area contributed by atoms with E-state index >= 15 is 0 Å². The molecule has 2 aliphatic heterocycles. The Hall–Kier alpha value is -4.69. The first kappa shape index (κ1) is 30.3. The van der Waals surface area contributed by atoms with Gasteiger partial charge in [0.25, 0.3) is 0 Å². The first-order chi connectivity index (χ1) is 22.0. The summed E-state index contributed by atoms with van der Waals surface area (Å²) in [5, 5.41) is 3.77. The van der Waals surface area contributed by atoms with Gasteiger partial charge >= 0.3 is 12.1 Å². The summed E-state index contributed by atoms with van der Waals surface area (Å²) in [6.45, 7) is 4.40. The van der Waals surface area contributed by atoms with Gasteiger partial charge < -0.3 is 24.2 Å². The Kier molecular flexibility index (Phi) is 9.12. The van der Waals surface area contributed by atoms with E-state index in [2.05, 4.69) is 34.3 Å². The standard InChI is InChI=1S/C35H40N6O4/c1-24-15-16-25(33(19-24)44-2)21-39(34(42)40-17-7-9-26(40)20-37-38-36)22-27-10-8-18-41(27)35(43)45-23-32-30-13-5-3-11-28(30)29-12-4-6-14-31(29)32/h3-6,11-16,19,26-27,32H,7-10,17-18,20-23H2,1-2H3/t26-,27?/m0/s1. The van der Waals surface area contributed by atoms with Crippen LogP contribution in [0.5, 0.6) is 5.75 Å². The first-order valence-electron chi connectivity index (χ1n) is 15.8. The molecule has 0 bridgehead atoms. The van der Waals surface area contributed by atoms with Crippen molar-refractivity contribution in [2.75, 3.05) is 39.9 Å². The fourth-order valence-electron chi connectivity index (χ4n) is 7.19. The van der Waals surface area contributed by atoms with E-state index < -0.39 is 0 Å².